The predicted octanol–water partition coefficient (Wildman–Crippen LogP) is 4.94. The highest BCUT2D eigenvalue weighted by molar-refractivity contribution is 5.46. The molecule has 24 heavy (non-hydrogen) atoms. The van der Waals surface area contributed by atoms with Gasteiger partial charge >= 0.3 is 0 Å². The monoisotopic (exact) mass is 337 g/mol. The fourth-order valence-corrected chi connectivity index (χ4v) is 4.52. The van der Waals surface area contributed by atoms with Crippen LogP contribution in [0.3, 0.4) is 0 Å². The molecule has 0 saturated heterocycles. The predicted molar refractivity (Wildman–Crippen MR) is 107 cm³/mol. The summed E-state index contributed by atoms with van der Waals surface area (Å²) in [4.78, 5) is 7.95. The Bertz CT molecular complexity index is 378. The lowest BCUT2D eigenvalue weighted by atomic mass is 10.2. The van der Waals surface area contributed by atoms with Gasteiger partial charge in [-0.05, 0) is 83.1 Å². The van der Waals surface area contributed by atoms with Crippen LogP contribution in [-0.2, 0) is 0 Å². The Morgan fingerprint density at radius 2 is 0.708 bits per heavy atom. The molecule has 142 valence electrons. The normalized spacial score (nSPS) is 16.1. The minimum absolute atomic E-state index is 0.472. The van der Waals surface area contributed by atoms with Crippen molar-refractivity contribution < 1.29 is 0 Å². The molecule has 0 amide bonds. The quantitative estimate of drug-likeness (QED) is 0.590. The second kappa shape index (κ2) is 8.12. The van der Waals surface area contributed by atoms with Gasteiger partial charge in [0.2, 0.25) is 0 Å². The molecule has 1 aliphatic carbocycles. The standard InChI is InChI=1S/C21H43N3/c1-13(2)22(14(3)4)19-20(23(15(5)6)16(7)8)21(19)24(17(9)10)18(11)12/h13-19H,1-12H3. The van der Waals surface area contributed by atoms with Crippen LogP contribution in [0.15, 0.2) is 11.4 Å². The summed E-state index contributed by atoms with van der Waals surface area (Å²) in [6.07, 6.45) is 0. The first kappa shape index (κ1) is 21.3. The first-order chi connectivity index (χ1) is 10.9. The van der Waals surface area contributed by atoms with E-state index in [-0.39, 0.29) is 0 Å². The van der Waals surface area contributed by atoms with Gasteiger partial charge in [0.15, 0.2) is 0 Å². The van der Waals surface area contributed by atoms with E-state index in [0.717, 1.165) is 0 Å². The highest BCUT2D eigenvalue weighted by Crippen LogP contribution is 2.46. The molecule has 0 heterocycles. The number of rotatable bonds is 9. The van der Waals surface area contributed by atoms with E-state index in [4.69, 9.17) is 0 Å². The van der Waals surface area contributed by atoms with Crippen LogP contribution in [0.5, 0.6) is 0 Å². The van der Waals surface area contributed by atoms with Crippen LogP contribution in [-0.4, -0.2) is 57.0 Å². The van der Waals surface area contributed by atoms with Crippen molar-refractivity contribution in [2.24, 2.45) is 0 Å². The van der Waals surface area contributed by atoms with Crippen LogP contribution in [0.25, 0.3) is 0 Å². The van der Waals surface area contributed by atoms with Crippen LogP contribution < -0.4 is 0 Å². The molecule has 0 fully saturated rings. The summed E-state index contributed by atoms with van der Waals surface area (Å²) < 4.78 is 0. The van der Waals surface area contributed by atoms with Crippen LogP contribution in [0.4, 0.5) is 0 Å². The smallest absolute Gasteiger partial charge is 0.0944 e. The van der Waals surface area contributed by atoms with Crippen molar-refractivity contribution >= 4 is 0 Å². The highest BCUT2D eigenvalue weighted by Gasteiger charge is 2.50. The zero-order valence-corrected chi connectivity index (χ0v) is 18.4. The number of hydrogen-bond donors (Lipinski definition) is 0. The van der Waals surface area contributed by atoms with Gasteiger partial charge in [-0.15, -0.1) is 0 Å². The zero-order valence-electron chi connectivity index (χ0n) is 18.4. The molecule has 1 aliphatic rings. The summed E-state index contributed by atoms with van der Waals surface area (Å²) in [5.41, 5.74) is 3.12. The summed E-state index contributed by atoms with van der Waals surface area (Å²) in [5.74, 6) is 0. The van der Waals surface area contributed by atoms with Crippen molar-refractivity contribution in [2.45, 2.75) is 125 Å². The topological polar surface area (TPSA) is 9.72 Å². The minimum Gasteiger partial charge on any atom is -0.367 e. The molecule has 0 aromatic heterocycles. The SMILES string of the molecule is CC(C)N(C1=C(N(C(C)C)C(C)C)C1N(C(C)C)C(C)C)C(C)C. The second-order valence-corrected chi connectivity index (χ2v) is 9.00. The molecule has 0 spiro atoms. The Hall–Kier alpha value is -0.700. The third kappa shape index (κ3) is 4.28. The van der Waals surface area contributed by atoms with Crippen molar-refractivity contribution in [3.63, 3.8) is 0 Å². The van der Waals surface area contributed by atoms with E-state index in [1.807, 2.05) is 0 Å². The van der Waals surface area contributed by atoms with Gasteiger partial charge in [-0.2, -0.15) is 0 Å². The molecule has 0 unspecified atom stereocenters. The van der Waals surface area contributed by atoms with Gasteiger partial charge in [0.1, 0.15) is 0 Å². The molecule has 1 rings (SSSR count). The van der Waals surface area contributed by atoms with Gasteiger partial charge in [0, 0.05) is 36.3 Å². The van der Waals surface area contributed by atoms with Crippen molar-refractivity contribution in [3.8, 4) is 0 Å². The molecule has 0 N–H and O–H groups in total. The van der Waals surface area contributed by atoms with E-state index in [1.54, 1.807) is 11.4 Å². The third-order valence-corrected chi connectivity index (χ3v) is 4.97. The van der Waals surface area contributed by atoms with Crippen LogP contribution >= 0.6 is 0 Å². The van der Waals surface area contributed by atoms with Crippen molar-refractivity contribution in [3.05, 3.63) is 11.4 Å². The highest BCUT2D eigenvalue weighted by atomic mass is 15.4. The van der Waals surface area contributed by atoms with Crippen LogP contribution in [0.2, 0.25) is 0 Å². The average molecular weight is 338 g/mol. The van der Waals surface area contributed by atoms with Crippen molar-refractivity contribution in [1.82, 2.24) is 14.7 Å². The van der Waals surface area contributed by atoms with Gasteiger partial charge < -0.3 is 9.80 Å². The lowest BCUT2D eigenvalue weighted by molar-refractivity contribution is 0.131. The van der Waals surface area contributed by atoms with E-state index < -0.39 is 0 Å². The van der Waals surface area contributed by atoms with Gasteiger partial charge in [-0.3, -0.25) is 4.90 Å². The van der Waals surface area contributed by atoms with Crippen molar-refractivity contribution in [1.29, 1.82) is 0 Å². The molecule has 0 aromatic carbocycles. The molecule has 0 bridgehead atoms. The molecule has 3 nitrogen and oxygen atoms in total. The maximum absolute atomic E-state index is 2.68. The number of hydrogen-bond acceptors (Lipinski definition) is 3. The maximum atomic E-state index is 2.68. The molecule has 0 saturated carbocycles. The van der Waals surface area contributed by atoms with Gasteiger partial charge in [0.05, 0.1) is 17.4 Å². The third-order valence-electron chi connectivity index (χ3n) is 4.97. The van der Waals surface area contributed by atoms with Crippen LogP contribution in [0.1, 0.15) is 83.1 Å². The summed E-state index contributed by atoms with van der Waals surface area (Å²) in [7, 11) is 0. The van der Waals surface area contributed by atoms with Crippen LogP contribution in [0, 0.1) is 0 Å². The molecule has 0 aromatic rings. The Labute approximate surface area is 152 Å². The zero-order chi connectivity index (χ0) is 18.9. The molecule has 0 radical (unpaired) electrons. The first-order valence-electron chi connectivity index (χ1n) is 10.0. The average Bonchev–Trinajstić information content (AvgIpc) is 3.00. The summed E-state index contributed by atoms with van der Waals surface area (Å²) in [6.45, 7) is 27.9. The lowest BCUT2D eigenvalue weighted by Gasteiger charge is -2.37. The summed E-state index contributed by atoms with van der Waals surface area (Å²) in [5, 5.41) is 0. The Kier molecular flexibility index (Phi) is 7.22. The van der Waals surface area contributed by atoms with Gasteiger partial charge in [-0.25, -0.2) is 0 Å². The Morgan fingerprint density at radius 3 is 0.875 bits per heavy atom. The molecular formula is C21H43N3. The lowest BCUT2D eigenvalue weighted by Crippen LogP contribution is -2.45. The molecule has 0 aliphatic heterocycles. The van der Waals surface area contributed by atoms with Crippen molar-refractivity contribution in [2.75, 3.05) is 0 Å². The first-order valence-corrected chi connectivity index (χ1v) is 10.0. The fourth-order valence-electron chi connectivity index (χ4n) is 4.52. The second-order valence-electron chi connectivity index (χ2n) is 9.00. The number of nitrogens with zero attached hydrogens (tertiary/aromatic N) is 3. The van der Waals surface area contributed by atoms with E-state index in [0.29, 0.717) is 42.3 Å². The van der Waals surface area contributed by atoms with E-state index in [1.165, 1.54) is 0 Å². The Morgan fingerprint density at radius 1 is 0.458 bits per heavy atom. The Balaban J connectivity index is 3.35. The largest absolute Gasteiger partial charge is 0.367 e. The molecule has 0 atom stereocenters. The van der Waals surface area contributed by atoms with E-state index >= 15 is 0 Å². The minimum atomic E-state index is 0.472. The fraction of sp³-hybridized carbons (Fsp3) is 0.905. The van der Waals surface area contributed by atoms with E-state index in [2.05, 4.69) is 97.8 Å². The maximum Gasteiger partial charge on any atom is 0.0944 e. The summed E-state index contributed by atoms with van der Waals surface area (Å²) in [6, 6.07) is 3.68. The molecule has 3 heteroatoms. The van der Waals surface area contributed by atoms with E-state index in [9.17, 15) is 0 Å². The van der Waals surface area contributed by atoms with Gasteiger partial charge in [-0.1, -0.05) is 0 Å². The van der Waals surface area contributed by atoms with Gasteiger partial charge in [0.25, 0.3) is 0 Å². The molecular weight excluding hydrogens is 294 g/mol. The summed E-state index contributed by atoms with van der Waals surface area (Å²) >= 11 is 0.